The van der Waals surface area contributed by atoms with Crippen LogP contribution >= 0.6 is 0 Å². The number of nitrogens with one attached hydrogen (secondary N) is 1. The zero-order chi connectivity index (χ0) is 13.0. The van der Waals surface area contributed by atoms with Gasteiger partial charge in [-0.3, -0.25) is 0 Å². The van der Waals surface area contributed by atoms with Crippen LogP contribution in [-0.4, -0.2) is 31.3 Å². The molecule has 0 aliphatic rings. The molecule has 18 heavy (non-hydrogen) atoms. The van der Waals surface area contributed by atoms with Gasteiger partial charge in [0.2, 0.25) is 5.88 Å². The lowest BCUT2D eigenvalue weighted by Gasteiger charge is -2.13. The summed E-state index contributed by atoms with van der Waals surface area (Å²) < 4.78 is 7.18. The highest BCUT2D eigenvalue weighted by Crippen LogP contribution is 2.17. The van der Waals surface area contributed by atoms with Gasteiger partial charge < -0.3 is 14.6 Å². The van der Waals surface area contributed by atoms with Gasteiger partial charge in [-0.05, 0) is 13.8 Å². The summed E-state index contributed by atoms with van der Waals surface area (Å²) in [4.78, 5) is 8.15. The molecule has 0 saturated heterocycles. The molecule has 1 N–H and O–H groups in total. The van der Waals surface area contributed by atoms with Gasteiger partial charge in [0.25, 0.3) is 0 Å². The lowest BCUT2D eigenvalue weighted by Crippen LogP contribution is -2.13. The van der Waals surface area contributed by atoms with Gasteiger partial charge in [0, 0.05) is 13.1 Å². The van der Waals surface area contributed by atoms with Crippen LogP contribution in [0.25, 0.3) is 0 Å². The Kier molecular flexibility index (Phi) is 3.71. The van der Waals surface area contributed by atoms with E-state index < -0.39 is 0 Å². The molecule has 0 aromatic carbocycles. The minimum Gasteiger partial charge on any atom is -0.478 e. The molecule has 2 aromatic rings. The first-order valence-electron chi connectivity index (χ1n) is 5.76. The molecule has 0 amide bonds. The van der Waals surface area contributed by atoms with Crippen LogP contribution in [0.3, 0.4) is 0 Å². The molecule has 2 heterocycles. The highest BCUT2D eigenvalue weighted by molar-refractivity contribution is 5.38. The Morgan fingerprint density at radius 1 is 1.44 bits per heavy atom. The zero-order valence-electron chi connectivity index (χ0n) is 10.7. The number of ether oxygens (including phenoxy) is 1. The van der Waals surface area contributed by atoms with Crippen molar-refractivity contribution in [3.63, 3.8) is 0 Å². The first kappa shape index (κ1) is 12.3. The van der Waals surface area contributed by atoms with Gasteiger partial charge in [0.1, 0.15) is 18.5 Å². The number of hydrogen-bond acceptors (Lipinski definition) is 6. The van der Waals surface area contributed by atoms with Crippen molar-refractivity contribution in [3.8, 4) is 5.88 Å². The summed E-state index contributed by atoms with van der Waals surface area (Å²) in [6, 6.07) is 1.76. The number of nitrogens with zero attached hydrogens (tertiary/aromatic N) is 5. The van der Waals surface area contributed by atoms with E-state index in [0.29, 0.717) is 18.3 Å². The van der Waals surface area contributed by atoms with Crippen molar-refractivity contribution in [1.29, 1.82) is 0 Å². The molecule has 1 unspecified atom stereocenters. The van der Waals surface area contributed by atoms with Crippen LogP contribution in [0.5, 0.6) is 5.88 Å². The third kappa shape index (κ3) is 2.73. The fourth-order valence-electron chi connectivity index (χ4n) is 1.62. The standard InChI is InChI=1S/C11H16N6O/c1-4-18-10-5-9(12-6-13-10)15-8(2)11-16-14-7-17(11)3/h5-8H,4H2,1-3H3,(H,12,13,15). The lowest BCUT2D eigenvalue weighted by atomic mass is 10.3. The van der Waals surface area contributed by atoms with Gasteiger partial charge in [-0.25, -0.2) is 9.97 Å². The molecular weight excluding hydrogens is 232 g/mol. The number of aryl methyl sites for hydroxylation is 1. The molecule has 0 aliphatic heterocycles. The number of anilines is 1. The lowest BCUT2D eigenvalue weighted by molar-refractivity contribution is 0.326. The Hall–Kier alpha value is -2.18. The van der Waals surface area contributed by atoms with Gasteiger partial charge in [0.15, 0.2) is 5.82 Å². The maximum absolute atomic E-state index is 5.32. The number of rotatable bonds is 5. The van der Waals surface area contributed by atoms with Crippen LogP contribution in [0.15, 0.2) is 18.7 Å². The molecule has 0 saturated carbocycles. The van der Waals surface area contributed by atoms with E-state index in [9.17, 15) is 0 Å². The van der Waals surface area contributed by atoms with E-state index in [0.717, 1.165) is 5.82 Å². The minimum atomic E-state index is 0.00174. The second-order valence-electron chi connectivity index (χ2n) is 3.84. The quantitative estimate of drug-likeness (QED) is 0.856. The summed E-state index contributed by atoms with van der Waals surface area (Å²) in [5.41, 5.74) is 0. The Morgan fingerprint density at radius 3 is 2.94 bits per heavy atom. The Bertz CT molecular complexity index is 512. The summed E-state index contributed by atoms with van der Waals surface area (Å²) in [7, 11) is 1.90. The molecule has 1 atom stereocenters. The van der Waals surface area contributed by atoms with Gasteiger partial charge in [0.05, 0.1) is 12.6 Å². The molecular formula is C11H16N6O. The molecule has 0 aliphatic carbocycles. The van der Waals surface area contributed by atoms with Crippen LogP contribution in [0, 0.1) is 0 Å². The van der Waals surface area contributed by atoms with Crippen molar-refractivity contribution in [2.24, 2.45) is 7.05 Å². The summed E-state index contributed by atoms with van der Waals surface area (Å²) in [6.45, 7) is 4.49. The van der Waals surface area contributed by atoms with Crippen LogP contribution in [0.1, 0.15) is 25.7 Å². The van der Waals surface area contributed by atoms with Gasteiger partial charge in [-0.1, -0.05) is 0 Å². The molecule has 0 spiro atoms. The van der Waals surface area contributed by atoms with Crippen molar-refractivity contribution in [2.75, 3.05) is 11.9 Å². The topological polar surface area (TPSA) is 77.8 Å². The smallest absolute Gasteiger partial charge is 0.218 e. The fraction of sp³-hybridized carbons (Fsp3) is 0.455. The second kappa shape index (κ2) is 5.44. The first-order chi connectivity index (χ1) is 8.70. The normalized spacial score (nSPS) is 12.2. The first-order valence-corrected chi connectivity index (χ1v) is 5.76. The maximum Gasteiger partial charge on any atom is 0.218 e. The predicted molar refractivity (Wildman–Crippen MR) is 66.2 cm³/mol. The third-order valence-electron chi connectivity index (χ3n) is 2.43. The summed E-state index contributed by atoms with van der Waals surface area (Å²) in [5.74, 6) is 2.09. The van der Waals surface area contributed by atoms with E-state index in [2.05, 4.69) is 25.5 Å². The Morgan fingerprint density at radius 2 is 2.28 bits per heavy atom. The van der Waals surface area contributed by atoms with Gasteiger partial charge in [-0.2, -0.15) is 0 Å². The van der Waals surface area contributed by atoms with Crippen molar-refractivity contribution >= 4 is 5.82 Å². The highest BCUT2D eigenvalue weighted by atomic mass is 16.5. The van der Waals surface area contributed by atoms with E-state index in [1.165, 1.54) is 6.33 Å². The monoisotopic (exact) mass is 248 g/mol. The zero-order valence-corrected chi connectivity index (χ0v) is 10.7. The van der Waals surface area contributed by atoms with Crippen LogP contribution in [0.2, 0.25) is 0 Å². The molecule has 7 heteroatoms. The van der Waals surface area contributed by atoms with Crippen molar-refractivity contribution < 1.29 is 4.74 Å². The van der Waals surface area contributed by atoms with Gasteiger partial charge in [-0.15, -0.1) is 10.2 Å². The van der Waals surface area contributed by atoms with Crippen molar-refractivity contribution in [1.82, 2.24) is 24.7 Å². The second-order valence-corrected chi connectivity index (χ2v) is 3.84. The largest absolute Gasteiger partial charge is 0.478 e. The maximum atomic E-state index is 5.32. The van der Waals surface area contributed by atoms with Crippen LogP contribution < -0.4 is 10.1 Å². The molecule has 96 valence electrons. The SMILES string of the molecule is CCOc1cc(NC(C)c2nncn2C)ncn1. The van der Waals surface area contributed by atoms with Crippen LogP contribution in [0.4, 0.5) is 5.82 Å². The van der Waals surface area contributed by atoms with E-state index in [1.807, 2.05) is 25.5 Å². The molecule has 7 nitrogen and oxygen atoms in total. The number of hydrogen-bond donors (Lipinski definition) is 1. The molecule has 0 radical (unpaired) electrons. The van der Waals surface area contributed by atoms with Crippen LogP contribution in [-0.2, 0) is 7.05 Å². The molecule has 0 bridgehead atoms. The van der Waals surface area contributed by atoms with Crippen molar-refractivity contribution in [3.05, 3.63) is 24.5 Å². The third-order valence-corrected chi connectivity index (χ3v) is 2.43. The average molecular weight is 248 g/mol. The number of aromatic nitrogens is 5. The summed E-state index contributed by atoms with van der Waals surface area (Å²) in [6.07, 6.45) is 3.13. The highest BCUT2D eigenvalue weighted by Gasteiger charge is 2.12. The summed E-state index contributed by atoms with van der Waals surface area (Å²) in [5, 5.41) is 11.1. The summed E-state index contributed by atoms with van der Waals surface area (Å²) >= 11 is 0. The Balaban J connectivity index is 2.09. The molecule has 2 aromatic heterocycles. The molecule has 2 rings (SSSR count). The van der Waals surface area contributed by atoms with Gasteiger partial charge >= 0.3 is 0 Å². The molecule has 0 fully saturated rings. The van der Waals surface area contributed by atoms with E-state index in [1.54, 1.807) is 12.4 Å². The van der Waals surface area contributed by atoms with E-state index in [4.69, 9.17) is 4.74 Å². The Labute approximate surface area is 105 Å². The minimum absolute atomic E-state index is 0.00174. The van der Waals surface area contributed by atoms with E-state index in [-0.39, 0.29) is 6.04 Å². The fourth-order valence-corrected chi connectivity index (χ4v) is 1.62. The van der Waals surface area contributed by atoms with E-state index >= 15 is 0 Å². The van der Waals surface area contributed by atoms with Crippen molar-refractivity contribution in [2.45, 2.75) is 19.9 Å². The predicted octanol–water partition coefficient (Wildman–Crippen LogP) is 1.18. The average Bonchev–Trinajstić information content (AvgIpc) is 2.76.